The molecule has 0 aromatic rings. The fourth-order valence-corrected chi connectivity index (χ4v) is 3.81. The number of nitrogens with zero attached hydrogens (tertiary/aromatic N) is 1. The van der Waals surface area contributed by atoms with Crippen LogP contribution in [0.1, 0.15) is 45.4 Å². The van der Waals surface area contributed by atoms with Gasteiger partial charge < -0.3 is 15.0 Å². The molecule has 0 aromatic heterocycles. The molecule has 3 nitrogen and oxygen atoms in total. The zero-order valence-corrected chi connectivity index (χ0v) is 12.9. The van der Waals surface area contributed by atoms with Gasteiger partial charge in [-0.25, -0.2) is 0 Å². The molecule has 1 unspecified atom stereocenters. The average molecular weight is 268 g/mol. The Balaban J connectivity index is 1.78. The van der Waals surface area contributed by atoms with Gasteiger partial charge in [-0.05, 0) is 38.8 Å². The van der Waals surface area contributed by atoms with Gasteiger partial charge in [0, 0.05) is 31.7 Å². The minimum absolute atomic E-state index is 0.361. The molecule has 2 rings (SSSR count). The van der Waals surface area contributed by atoms with E-state index < -0.39 is 0 Å². The molecule has 0 amide bonds. The van der Waals surface area contributed by atoms with Crippen LogP contribution in [0.4, 0.5) is 0 Å². The number of nitrogens with one attached hydrogen (secondary N) is 1. The Morgan fingerprint density at radius 2 is 2.05 bits per heavy atom. The highest BCUT2D eigenvalue weighted by molar-refractivity contribution is 4.88. The molecule has 112 valence electrons. The van der Waals surface area contributed by atoms with Crippen molar-refractivity contribution in [1.82, 2.24) is 10.2 Å². The lowest BCUT2D eigenvalue weighted by atomic mass is 9.85. The van der Waals surface area contributed by atoms with Crippen LogP contribution in [0.25, 0.3) is 0 Å². The Morgan fingerprint density at radius 1 is 1.26 bits per heavy atom. The minimum Gasteiger partial charge on any atom is -0.381 e. The van der Waals surface area contributed by atoms with Crippen molar-refractivity contribution in [3.63, 3.8) is 0 Å². The molecule has 2 fully saturated rings. The summed E-state index contributed by atoms with van der Waals surface area (Å²) < 4.78 is 5.68. The molecule has 1 heterocycles. The van der Waals surface area contributed by atoms with Crippen LogP contribution < -0.4 is 5.32 Å². The van der Waals surface area contributed by atoms with Gasteiger partial charge in [0.25, 0.3) is 0 Å². The Labute approximate surface area is 119 Å². The van der Waals surface area contributed by atoms with Gasteiger partial charge in [0.2, 0.25) is 0 Å². The second-order valence-electron chi connectivity index (χ2n) is 6.78. The Kier molecular flexibility index (Phi) is 6.11. The van der Waals surface area contributed by atoms with Crippen molar-refractivity contribution in [3.05, 3.63) is 0 Å². The number of rotatable bonds is 7. The normalized spacial score (nSPS) is 29.2. The Hall–Kier alpha value is -0.120. The highest BCUT2D eigenvalue weighted by atomic mass is 16.5. The molecule has 0 aromatic carbocycles. The molecule has 1 N–H and O–H groups in total. The molecule has 0 radical (unpaired) electrons. The quantitative estimate of drug-likeness (QED) is 0.768. The summed E-state index contributed by atoms with van der Waals surface area (Å²) >= 11 is 0. The van der Waals surface area contributed by atoms with Crippen LogP contribution in [-0.2, 0) is 4.74 Å². The topological polar surface area (TPSA) is 24.5 Å². The van der Waals surface area contributed by atoms with Crippen LogP contribution in [0.2, 0.25) is 0 Å². The molecule has 19 heavy (non-hydrogen) atoms. The lowest BCUT2D eigenvalue weighted by Crippen LogP contribution is -2.44. The first-order chi connectivity index (χ1) is 9.24. The van der Waals surface area contributed by atoms with Gasteiger partial charge in [-0.2, -0.15) is 0 Å². The smallest absolute Gasteiger partial charge is 0.0547 e. The highest BCUT2D eigenvalue weighted by Crippen LogP contribution is 2.30. The molecule has 1 aliphatic heterocycles. The number of hydrogen-bond acceptors (Lipinski definition) is 3. The molecule has 2 aliphatic rings. The van der Waals surface area contributed by atoms with E-state index >= 15 is 0 Å². The summed E-state index contributed by atoms with van der Waals surface area (Å²) in [6.45, 7) is 8.73. The molecule has 0 spiro atoms. The molecule has 1 saturated carbocycles. The molecule has 3 heteroatoms. The molecule has 1 aliphatic carbocycles. The van der Waals surface area contributed by atoms with Crippen molar-refractivity contribution in [3.8, 4) is 0 Å². The van der Waals surface area contributed by atoms with Crippen LogP contribution in [0.15, 0.2) is 0 Å². The number of ether oxygens (including phenoxy) is 1. The fraction of sp³-hybridized carbons (Fsp3) is 1.00. The van der Waals surface area contributed by atoms with Gasteiger partial charge in [-0.3, -0.25) is 0 Å². The minimum atomic E-state index is 0.361. The van der Waals surface area contributed by atoms with Crippen molar-refractivity contribution in [2.24, 2.45) is 11.3 Å². The summed E-state index contributed by atoms with van der Waals surface area (Å²) in [5, 5.41) is 3.53. The highest BCUT2D eigenvalue weighted by Gasteiger charge is 2.35. The molecule has 1 atom stereocenters. The van der Waals surface area contributed by atoms with Gasteiger partial charge in [-0.1, -0.05) is 26.2 Å². The lowest BCUT2D eigenvalue weighted by molar-refractivity contribution is 0.108. The summed E-state index contributed by atoms with van der Waals surface area (Å²) in [5.41, 5.74) is 0.361. The Morgan fingerprint density at radius 3 is 2.68 bits per heavy atom. The zero-order valence-electron chi connectivity index (χ0n) is 12.9. The van der Waals surface area contributed by atoms with E-state index in [1.54, 1.807) is 0 Å². The first-order valence-corrected chi connectivity index (χ1v) is 8.21. The van der Waals surface area contributed by atoms with E-state index in [0.29, 0.717) is 5.41 Å². The van der Waals surface area contributed by atoms with E-state index in [2.05, 4.69) is 24.2 Å². The predicted octanol–water partition coefficient (Wildman–Crippen LogP) is 2.51. The van der Waals surface area contributed by atoms with Gasteiger partial charge in [-0.15, -0.1) is 0 Å². The first kappa shape index (κ1) is 15.3. The fourth-order valence-electron chi connectivity index (χ4n) is 3.81. The third kappa shape index (κ3) is 4.73. The van der Waals surface area contributed by atoms with Crippen molar-refractivity contribution in [2.45, 2.75) is 45.4 Å². The van der Waals surface area contributed by atoms with Crippen LogP contribution >= 0.6 is 0 Å². The van der Waals surface area contributed by atoms with Crippen molar-refractivity contribution in [1.29, 1.82) is 0 Å². The molecular formula is C16H32N2O. The standard InChI is InChI=1S/C16H32N2O/c1-3-17-12-16(9-10-19-14-16)13-18(2)11-15-7-5-4-6-8-15/h15,17H,3-14H2,1-2H3. The van der Waals surface area contributed by atoms with Crippen molar-refractivity contribution < 1.29 is 4.74 Å². The monoisotopic (exact) mass is 268 g/mol. The van der Waals surface area contributed by atoms with E-state index in [1.165, 1.54) is 51.6 Å². The summed E-state index contributed by atoms with van der Waals surface area (Å²) in [4.78, 5) is 2.57. The maximum atomic E-state index is 5.68. The van der Waals surface area contributed by atoms with Crippen LogP contribution in [0, 0.1) is 11.3 Å². The average Bonchev–Trinajstić information content (AvgIpc) is 2.86. The van der Waals surface area contributed by atoms with Crippen LogP contribution in [-0.4, -0.2) is 51.3 Å². The second-order valence-corrected chi connectivity index (χ2v) is 6.78. The summed E-state index contributed by atoms with van der Waals surface area (Å²) in [6.07, 6.45) is 8.46. The maximum Gasteiger partial charge on any atom is 0.0547 e. The van der Waals surface area contributed by atoms with Gasteiger partial charge in [0.1, 0.15) is 0 Å². The lowest BCUT2D eigenvalue weighted by Gasteiger charge is -2.35. The Bertz CT molecular complexity index is 245. The summed E-state index contributed by atoms with van der Waals surface area (Å²) in [5.74, 6) is 0.942. The maximum absolute atomic E-state index is 5.68. The van der Waals surface area contributed by atoms with E-state index in [-0.39, 0.29) is 0 Å². The van der Waals surface area contributed by atoms with Gasteiger partial charge in [0.15, 0.2) is 0 Å². The van der Waals surface area contributed by atoms with E-state index in [9.17, 15) is 0 Å². The second kappa shape index (κ2) is 7.61. The molecule has 1 saturated heterocycles. The van der Waals surface area contributed by atoms with Crippen LogP contribution in [0.3, 0.4) is 0 Å². The van der Waals surface area contributed by atoms with E-state index in [0.717, 1.165) is 32.2 Å². The SMILES string of the molecule is CCNCC1(CN(C)CC2CCCCC2)CCOC1. The largest absolute Gasteiger partial charge is 0.381 e. The van der Waals surface area contributed by atoms with Crippen molar-refractivity contribution >= 4 is 0 Å². The third-order valence-electron chi connectivity index (χ3n) is 4.83. The molecule has 0 bridgehead atoms. The van der Waals surface area contributed by atoms with Crippen LogP contribution in [0.5, 0.6) is 0 Å². The summed E-state index contributed by atoms with van der Waals surface area (Å²) in [7, 11) is 2.31. The number of hydrogen-bond donors (Lipinski definition) is 1. The van der Waals surface area contributed by atoms with E-state index in [1.807, 2.05) is 0 Å². The summed E-state index contributed by atoms with van der Waals surface area (Å²) in [6, 6.07) is 0. The zero-order chi connectivity index (χ0) is 13.6. The van der Waals surface area contributed by atoms with Crippen molar-refractivity contribution in [2.75, 3.05) is 46.4 Å². The predicted molar refractivity (Wildman–Crippen MR) is 80.5 cm³/mol. The molecular weight excluding hydrogens is 236 g/mol. The van der Waals surface area contributed by atoms with Gasteiger partial charge >= 0.3 is 0 Å². The third-order valence-corrected chi connectivity index (χ3v) is 4.83. The first-order valence-electron chi connectivity index (χ1n) is 8.21. The van der Waals surface area contributed by atoms with Gasteiger partial charge in [0.05, 0.1) is 6.61 Å². The van der Waals surface area contributed by atoms with E-state index in [4.69, 9.17) is 4.74 Å².